The van der Waals surface area contributed by atoms with Crippen LogP contribution in [-0.4, -0.2) is 38.2 Å². The van der Waals surface area contributed by atoms with E-state index in [0.29, 0.717) is 18.5 Å². The Kier molecular flexibility index (Phi) is 3.94. The number of carbonyl (C=O) groups excluding carboxylic acids is 2. The summed E-state index contributed by atoms with van der Waals surface area (Å²) in [5.41, 5.74) is 1.09. The van der Waals surface area contributed by atoms with Crippen molar-refractivity contribution < 1.29 is 18.0 Å². The molecule has 0 saturated carbocycles. The molecule has 0 N–H and O–H groups in total. The van der Waals surface area contributed by atoms with Gasteiger partial charge in [0.05, 0.1) is 0 Å². The number of ketones is 1. The summed E-state index contributed by atoms with van der Waals surface area (Å²) in [5, 5.41) is -1.05. The van der Waals surface area contributed by atoms with E-state index in [0.717, 1.165) is 18.4 Å². The summed E-state index contributed by atoms with van der Waals surface area (Å²) < 4.78 is 22.8. The number of carbonyl (C=O) groups is 2. The Morgan fingerprint density at radius 2 is 1.85 bits per heavy atom. The summed E-state index contributed by atoms with van der Waals surface area (Å²) in [4.78, 5) is 25.3. The second-order valence-corrected chi connectivity index (χ2v) is 7.40. The number of hydrogen-bond donors (Lipinski definition) is 0. The third-order valence-corrected chi connectivity index (χ3v) is 5.05. The molecule has 0 aliphatic carbocycles. The average molecular weight is 295 g/mol. The van der Waals surface area contributed by atoms with Gasteiger partial charge in [-0.2, -0.15) is 0 Å². The van der Waals surface area contributed by atoms with E-state index in [1.807, 2.05) is 0 Å². The molecule has 1 fully saturated rings. The van der Waals surface area contributed by atoms with Gasteiger partial charge in [-0.25, -0.2) is 8.42 Å². The first-order chi connectivity index (χ1) is 9.30. The fraction of sp³-hybridized carbons (Fsp3) is 0.429. The SMILES string of the molecule is CC(C(=O)c1ccc(N2CCCC2=O)cc1)S(C)(=O)=O. The molecule has 20 heavy (non-hydrogen) atoms. The molecule has 1 aromatic carbocycles. The average Bonchev–Trinajstić information content (AvgIpc) is 2.82. The van der Waals surface area contributed by atoms with Crippen molar-refractivity contribution in [3.63, 3.8) is 0 Å². The van der Waals surface area contributed by atoms with Crippen LogP contribution in [0.15, 0.2) is 24.3 Å². The summed E-state index contributed by atoms with van der Waals surface area (Å²) in [6, 6.07) is 6.52. The van der Waals surface area contributed by atoms with Crippen LogP contribution >= 0.6 is 0 Å². The Morgan fingerprint density at radius 1 is 1.25 bits per heavy atom. The first-order valence-corrected chi connectivity index (χ1v) is 8.39. The summed E-state index contributed by atoms with van der Waals surface area (Å²) in [6.45, 7) is 2.07. The predicted octanol–water partition coefficient (Wildman–Crippen LogP) is 1.43. The van der Waals surface area contributed by atoms with Crippen LogP contribution < -0.4 is 4.90 Å². The van der Waals surface area contributed by atoms with Gasteiger partial charge in [-0.15, -0.1) is 0 Å². The zero-order valence-corrected chi connectivity index (χ0v) is 12.3. The highest BCUT2D eigenvalue weighted by atomic mass is 32.2. The highest BCUT2D eigenvalue weighted by Gasteiger charge is 2.25. The largest absolute Gasteiger partial charge is 0.312 e. The van der Waals surface area contributed by atoms with E-state index in [1.54, 1.807) is 29.2 Å². The minimum absolute atomic E-state index is 0.0774. The van der Waals surface area contributed by atoms with Crippen LogP contribution in [0.25, 0.3) is 0 Å². The second kappa shape index (κ2) is 5.36. The minimum Gasteiger partial charge on any atom is -0.312 e. The number of benzene rings is 1. The Balaban J connectivity index is 2.20. The second-order valence-electron chi connectivity index (χ2n) is 5.03. The normalized spacial score (nSPS) is 17.3. The number of amides is 1. The van der Waals surface area contributed by atoms with E-state index in [9.17, 15) is 18.0 Å². The molecular formula is C14H17NO4S. The molecular weight excluding hydrogens is 278 g/mol. The Hall–Kier alpha value is -1.69. The van der Waals surface area contributed by atoms with Gasteiger partial charge < -0.3 is 4.90 Å². The molecule has 1 aliphatic heterocycles. The zero-order chi connectivity index (χ0) is 14.9. The number of hydrogen-bond acceptors (Lipinski definition) is 4. The van der Waals surface area contributed by atoms with E-state index in [4.69, 9.17) is 0 Å². The number of rotatable bonds is 4. The van der Waals surface area contributed by atoms with Crippen LogP contribution in [0, 0.1) is 0 Å². The van der Waals surface area contributed by atoms with Gasteiger partial charge in [-0.05, 0) is 37.6 Å². The molecule has 2 rings (SSSR count). The maximum absolute atomic E-state index is 12.0. The van der Waals surface area contributed by atoms with Gasteiger partial charge in [0.25, 0.3) is 0 Å². The number of Topliss-reactive ketones (excluding diaryl/α,β-unsaturated/α-hetero) is 1. The molecule has 1 heterocycles. The minimum atomic E-state index is -3.40. The molecule has 108 valence electrons. The van der Waals surface area contributed by atoms with Crippen LogP contribution in [0.3, 0.4) is 0 Å². The third kappa shape index (κ3) is 2.90. The summed E-state index contributed by atoms with van der Waals surface area (Å²) in [6.07, 6.45) is 2.43. The first kappa shape index (κ1) is 14.7. The Labute approximate surface area is 118 Å². The lowest BCUT2D eigenvalue weighted by molar-refractivity contribution is -0.117. The van der Waals surface area contributed by atoms with Crippen molar-refractivity contribution in [3.8, 4) is 0 Å². The van der Waals surface area contributed by atoms with Crippen molar-refractivity contribution in [1.29, 1.82) is 0 Å². The molecule has 1 amide bonds. The highest BCUT2D eigenvalue weighted by Crippen LogP contribution is 2.22. The van der Waals surface area contributed by atoms with Crippen molar-refractivity contribution in [2.24, 2.45) is 0 Å². The van der Waals surface area contributed by atoms with Gasteiger partial charge in [0.2, 0.25) is 5.91 Å². The topological polar surface area (TPSA) is 71.5 Å². The van der Waals surface area contributed by atoms with E-state index >= 15 is 0 Å². The molecule has 0 radical (unpaired) electrons. The van der Waals surface area contributed by atoms with Crippen molar-refractivity contribution in [2.45, 2.75) is 25.0 Å². The van der Waals surface area contributed by atoms with Crippen LogP contribution in [-0.2, 0) is 14.6 Å². The van der Waals surface area contributed by atoms with Gasteiger partial charge in [-0.3, -0.25) is 9.59 Å². The first-order valence-electron chi connectivity index (χ1n) is 6.44. The van der Waals surface area contributed by atoms with Crippen LogP contribution in [0.2, 0.25) is 0 Å². The smallest absolute Gasteiger partial charge is 0.227 e. The number of anilines is 1. The van der Waals surface area contributed by atoms with Crippen LogP contribution in [0.1, 0.15) is 30.1 Å². The number of sulfone groups is 1. The summed E-state index contributed by atoms with van der Waals surface area (Å²) >= 11 is 0. The van der Waals surface area contributed by atoms with Gasteiger partial charge in [0, 0.05) is 30.5 Å². The van der Waals surface area contributed by atoms with E-state index in [2.05, 4.69) is 0 Å². The van der Waals surface area contributed by atoms with E-state index in [1.165, 1.54) is 6.92 Å². The molecule has 6 heteroatoms. The van der Waals surface area contributed by atoms with Gasteiger partial charge >= 0.3 is 0 Å². The maximum Gasteiger partial charge on any atom is 0.227 e. The van der Waals surface area contributed by atoms with Gasteiger partial charge in [-0.1, -0.05) is 0 Å². The van der Waals surface area contributed by atoms with Crippen molar-refractivity contribution in [2.75, 3.05) is 17.7 Å². The standard InChI is InChI=1S/C14H17NO4S/c1-10(20(2,18)19)14(17)11-5-7-12(8-6-11)15-9-3-4-13(15)16/h5-8,10H,3-4,9H2,1-2H3. The molecule has 1 aliphatic rings. The maximum atomic E-state index is 12.0. The molecule has 1 saturated heterocycles. The Bertz CT molecular complexity index is 634. The lowest BCUT2D eigenvalue weighted by Crippen LogP contribution is -2.26. The summed E-state index contributed by atoms with van der Waals surface area (Å²) in [7, 11) is -3.40. The predicted molar refractivity (Wildman–Crippen MR) is 76.7 cm³/mol. The van der Waals surface area contributed by atoms with Crippen molar-refractivity contribution in [3.05, 3.63) is 29.8 Å². The Morgan fingerprint density at radius 3 is 2.30 bits per heavy atom. The molecule has 1 atom stereocenters. The van der Waals surface area contributed by atoms with Gasteiger partial charge in [0.15, 0.2) is 15.6 Å². The molecule has 0 aromatic heterocycles. The van der Waals surface area contributed by atoms with E-state index < -0.39 is 20.9 Å². The van der Waals surface area contributed by atoms with E-state index in [-0.39, 0.29) is 5.91 Å². The lowest BCUT2D eigenvalue weighted by Gasteiger charge is -2.16. The molecule has 5 nitrogen and oxygen atoms in total. The zero-order valence-electron chi connectivity index (χ0n) is 11.5. The van der Waals surface area contributed by atoms with Crippen LogP contribution in [0.5, 0.6) is 0 Å². The third-order valence-electron chi connectivity index (χ3n) is 3.55. The number of nitrogens with zero attached hydrogens (tertiary/aromatic N) is 1. The molecule has 0 spiro atoms. The quantitative estimate of drug-likeness (QED) is 0.788. The highest BCUT2D eigenvalue weighted by molar-refractivity contribution is 7.92. The van der Waals surface area contributed by atoms with Crippen molar-refractivity contribution in [1.82, 2.24) is 0 Å². The van der Waals surface area contributed by atoms with Crippen molar-refractivity contribution >= 4 is 27.2 Å². The fourth-order valence-corrected chi connectivity index (χ4v) is 2.68. The van der Waals surface area contributed by atoms with Gasteiger partial charge in [0.1, 0.15) is 5.25 Å². The molecule has 0 bridgehead atoms. The lowest BCUT2D eigenvalue weighted by atomic mass is 10.1. The monoisotopic (exact) mass is 295 g/mol. The fourth-order valence-electron chi connectivity index (χ4n) is 2.16. The van der Waals surface area contributed by atoms with Crippen LogP contribution in [0.4, 0.5) is 5.69 Å². The molecule has 1 unspecified atom stereocenters. The molecule has 1 aromatic rings. The summed E-state index contributed by atoms with van der Waals surface area (Å²) in [5.74, 6) is -0.347.